The first-order valence-corrected chi connectivity index (χ1v) is 7.15. The monoisotopic (exact) mass is 275 g/mol. The van der Waals surface area contributed by atoms with Crippen LogP contribution in [-0.4, -0.2) is 23.5 Å². The van der Waals surface area contributed by atoms with Crippen LogP contribution in [0.5, 0.6) is 0 Å². The molecular formula is C16H21NO3. The zero-order valence-electron chi connectivity index (χ0n) is 11.8. The number of hydrogen-bond donors (Lipinski definition) is 2. The van der Waals surface area contributed by atoms with Crippen LogP contribution in [0, 0.1) is 18.8 Å². The van der Waals surface area contributed by atoms with Crippen LogP contribution in [0.3, 0.4) is 0 Å². The third kappa shape index (κ3) is 3.59. The van der Waals surface area contributed by atoms with E-state index in [1.807, 2.05) is 25.1 Å². The van der Waals surface area contributed by atoms with Crippen LogP contribution in [0.1, 0.15) is 41.6 Å². The Labute approximate surface area is 119 Å². The molecular weight excluding hydrogens is 254 g/mol. The van der Waals surface area contributed by atoms with E-state index in [4.69, 9.17) is 0 Å². The highest BCUT2D eigenvalue weighted by molar-refractivity contribution is 5.94. The normalized spacial score (nSPS) is 22.2. The number of hydrogen-bond acceptors (Lipinski definition) is 2. The maximum atomic E-state index is 12.1. The van der Waals surface area contributed by atoms with Crippen molar-refractivity contribution in [1.82, 2.24) is 5.32 Å². The van der Waals surface area contributed by atoms with Gasteiger partial charge in [-0.2, -0.15) is 0 Å². The van der Waals surface area contributed by atoms with Gasteiger partial charge in [0.15, 0.2) is 0 Å². The zero-order chi connectivity index (χ0) is 14.5. The highest BCUT2D eigenvalue weighted by atomic mass is 16.4. The van der Waals surface area contributed by atoms with E-state index in [9.17, 15) is 14.7 Å². The van der Waals surface area contributed by atoms with Gasteiger partial charge in [0.25, 0.3) is 5.91 Å². The molecule has 0 saturated heterocycles. The lowest BCUT2D eigenvalue weighted by Crippen LogP contribution is -2.37. The lowest BCUT2D eigenvalue weighted by Gasteiger charge is -2.28. The summed E-state index contributed by atoms with van der Waals surface area (Å²) in [5.41, 5.74) is 1.67. The number of rotatable bonds is 4. The number of carboxylic acid groups (broad SMARTS) is 1. The van der Waals surface area contributed by atoms with Crippen molar-refractivity contribution < 1.29 is 14.7 Å². The molecule has 2 atom stereocenters. The van der Waals surface area contributed by atoms with Gasteiger partial charge in [0, 0.05) is 12.1 Å². The molecule has 2 N–H and O–H groups in total. The van der Waals surface area contributed by atoms with Gasteiger partial charge in [0.1, 0.15) is 0 Å². The molecule has 0 aliphatic heterocycles. The fourth-order valence-corrected chi connectivity index (χ4v) is 2.89. The molecule has 1 amide bonds. The summed E-state index contributed by atoms with van der Waals surface area (Å²) in [6, 6.07) is 7.41. The molecule has 1 aromatic rings. The van der Waals surface area contributed by atoms with Crippen molar-refractivity contribution in [2.45, 2.75) is 32.6 Å². The molecule has 0 spiro atoms. The molecule has 0 bridgehead atoms. The van der Waals surface area contributed by atoms with Crippen LogP contribution in [0.2, 0.25) is 0 Å². The lowest BCUT2D eigenvalue weighted by molar-refractivity contribution is -0.144. The third-order valence-electron chi connectivity index (χ3n) is 4.03. The minimum Gasteiger partial charge on any atom is -0.481 e. The first kappa shape index (κ1) is 14.6. The Hall–Kier alpha value is -1.84. The number of aliphatic carboxylic acids is 1. The molecule has 0 aromatic heterocycles. The van der Waals surface area contributed by atoms with Crippen molar-refractivity contribution in [2.24, 2.45) is 11.8 Å². The zero-order valence-corrected chi connectivity index (χ0v) is 11.8. The molecule has 0 radical (unpaired) electrons. The predicted molar refractivity (Wildman–Crippen MR) is 76.6 cm³/mol. The summed E-state index contributed by atoms with van der Waals surface area (Å²) in [6.07, 6.45) is 3.62. The SMILES string of the molecule is Cc1cccc(C(=O)NCC2CCCCC2C(=O)O)c1. The van der Waals surface area contributed by atoms with E-state index in [0.717, 1.165) is 31.2 Å². The summed E-state index contributed by atoms with van der Waals surface area (Å²) in [6.45, 7) is 2.39. The second-order valence-electron chi connectivity index (χ2n) is 5.57. The molecule has 20 heavy (non-hydrogen) atoms. The summed E-state index contributed by atoms with van der Waals surface area (Å²) in [5.74, 6) is -1.13. The van der Waals surface area contributed by atoms with Gasteiger partial charge in [-0.25, -0.2) is 0 Å². The van der Waals surface area contributed by atoms with E-state index in [2.05, 4.69) is 5.32 Å². The second kappa shape index (κ2) is 6.55. The van der Waals surface area contributed by atoms with Crippen LogP contribution in [0.4, 0.5) is 0 Å². The summed E-state index contributed by atoms with van der Waals surface area (Å²) >= 11 is 0. The smallest absolute Gasteiger partial charge is 0.306 e. The van der Waals surface area contributed by atoms with Gasteiger partial charge in [0.05, 0.1) is 5.92 Å². The average molecular weight is 275 g/mol. The van der Waals surface area contributed by atoms with Crippen LogP contribution in [0.15, 0.2) is 24.3 Å². The largest absolute Gasteiger partial charge is 0.481 e. The van der Waals surface area contributed by atoms with Crippen LogP contribution < -0.4 is 5.32 Å². The van der Waals surface area contributed by atoms with Crippen molar-refractivity contribution in [3.63, 3.8) is 0 Å². The molecule has 108 valence electrons. The van der Waals surface area contributed by atoms with Crippen LogP contribution in [0.25, 0.3) is 0 Å². The van der Waals surface area contributed by atoms with Gasteiger partial charge in [-0.05, 0) is 37.8 Å². The summed E-state index contributed by atoms with van der Waals surface area (Å²) in [7, 11) is 0. The van der Waals surface area contributed by atoms with Crippen LogP contribution >= 0.6 is 0 Å². The maximum Gasteiger partial charge on any atom is 0.306 e. The molecule has 4 heteroatoms. The number of carboxylic acids is 1. The average Bonchev–Trinajstić information content (AvgIpc) is 2.45. The fourth-order valence-electron chi connectivity index (χ4n) is 2.89. The molecule has 4 nitrogen and oxygen atoms in total. The Bertz CT molecular complexity index is 498. The summed E-state index contributed by atoms with van der Waals surface area (Å²) in [4.78, 5) is 23.3. The molecule has 1 aromatic carbocycles. The number of benzene rings is 1. The first-order chi connectivity index (χ1) is 9.58. The van der Waals surface area contributed by atoms with Crippen molar-refractivity contribution in [2.75, 3.05) is 6.54 Å². The van der Waals surface area contributed by atoms with Gasteiger partial charge in [-0.3, -0.25) is 9.59 Å². The molecule has 1 saturated carbocycles. The predicted octanol–water partition coefficient (Wildman–Crippen LogP) is 2.62. The number of carbonyl (C=O) groups excluding carboxylic acids is 1. The Morgan fingerprint density at radius 2 is 2.05 bits per heavy atom. The van der Waals surface area contributed by atoms with Crippen molar-refractivity contribution in [3.8, 4) is 0 Å². The van der Waals surface area contributed by atoms with Gasteiger partial charge < -0.3 is 10.4 Å². The third-order valence-corrected chi connectivity index (χ3v) is 4.03. The Morgan fingerprint density at radius 3 is 2.75 bits per heavy atom. The molecule has 1 aliphatic carbocycles. The molecule has 1 aliphatic rings. The van der Waals surface area contributed by atoms with Gasteiger partial charge in [0.2, 0.25) is 0 Å². The van der Waals surface area contributed by atoms with Gasteiger partial charge in [-0.15, -0.1) is 0 Å². The van der Waals surface area contributed by atoms with E-state index in [0.29, 0.717) is 12.1 Å². The minimum atomic E-state index is -0.737. The number of nitrogens with one attached hydrogen (secondary N) is 1. The standard InChI is InChI=1S/C16H21NO3/c1-11-5-4-7-12(9-11)15(18)17-10-13-6-2-3-8-14(13)16(19)20/h4-5,7,9,13-14H,2-3,6,8,10H2,1H3,(H,17,18)(H,19,20). The first-order valence-electron chi connectivity index (χ1n) is 7.15. The Morgan fingerprint density at radius 1 is 1.30 bits per heavy atom. The van der Waals surface area contributed by atoms with E-state index in [1.165, 1.54) is 0 Å². The quantitative estimate of drug-likeness (QED) is 0.887. The summed E-state index contributed by atoms with van der Waals surface area (Å²) in [5, 5.41) is 12.1. The summed E-state index contributed by atoms with van der Waals surface area (Å²) < 4.78 is 0. The second-order valence-corrected chi connectivity index (χ2v) is 5.57. The Kier molecular flexibility index (Phi) is 4.77. The Balaban J connectivity index is 1.93. The van der Waals surface area contributed by atoms with Crippen molar-refractivity contribution >= 4 is 11.9 Å². The highest BCUT2D eigenvalue weighted by Crippen LogP contribution is 2.29. The highest BCUT2D eigenvalue weighted by Gasteiger charge is 2.30. The van der Waals surface area contributed by atoms with Crippen LogP contribution in [-0.2, 0) is 4.79 Å². The number of amides is 1. The van der Waals surface area contributed by atoms with E-state index < -0.39 is 5.97 Å². The lowest BCUT2D eigenvalue weighted by atomic mass is 9.79. The van der Waals surface area contributed by atoms with E-state index in [-0.39, 0.29) is 17.7 Å². The topological polar surface area (TPSA) is 66.4 Å². The number of carbonyl (C=O) groups is 2. The van der Waals surface area contributed by atoms with Gasteiger partial charge in [-0.1, -0.05) is 30.5 Å². The minimum absolute atomic E-state index is 0.0509. The van der Waals surface area contributed by atoms with Crippen molar-refractivity contribution in [3.05, 3.63) is 35.4 Å². The van der Waals surface area contributed by atoms with E-state index in [1.54, 1.807) is 6.07 Å². The number of aryl methyl sites for hydroxylation is 1. The fraction of sp³-hybridized carbons (Fsp3) is 0.500. The molecule has 2 unspecified atom stereocenters. The van der Waals surface area contributed by atoms with Gasteiger partial charge >= 0.3 is 5.97 Å². The van der Waals surface area contributed by atoms with Crippen molar-refractivity contribution in [1.29, 1.82) is 0 Å². The van der Waals surface area contributed by atoms with E-state index >= 15 is 0 Å². The molecule has 2 rings (SSSR count). The molecule has 0 heterocycles. The maximum absolute atomic E-state index is 12.1. The molecule has 1 fully saturated rings.